The summed E-state index contributed by atoms with van der Waals surface area (Å²) in [5.74, 6) is 0.866. The van der Waals surface area contributed by atoms with Gasteiger partial charge < -0.3 is 16.0 Å². The number of likely N-dealkylation sites (tertiary alicyclic amines) is 1. The fourth-order valence-corrected chi connectivity index (χ4v) is 3.03. The van der Waals surface area contributed by atoms with E-state index in [1.165, 1.54) is 37.1 Å². The van der Waals surface area contributed by atoms with Crippen molar-refractivity contribution in [3.63, 3.8) is 0 Å². The Bertz CT molecular complexity index is 597. The van der Waals surface area contributed by atoms with Crippen LogP contribution in [0.2, 0.25) is 0 Å². The Hall–Kier alpha value is -1.35. The first-order chi connectivity index (χ1) is 13.1. The normalized spacial score (nSPS) is 14.6. The Labute approximate surface area is 187 Å². The number of rotatable bonds is 9. The van der Waals surface area contributed by atoms with E-state index in [-0.39, 0.29) is 35.8 Å². The Morgan fingerprint density at radius 1 is 1.04 bits per heavy atom. The molecule has 2 rings (SSSR count). The van der Waals surface area contributed by atoms with Crippen molar-refractivity contribution >= 4 is 35.8 Å². The van der Waals surface area contributed by atoms with E-state index in [0.717, 1.165) is 19.0 Å². The number of carbonyl (C=O) groups is 1. The predicted molar refractivity (Wildman–Crippen MR) is 127 cm³/mol. The quantitative estimate of drug-likeness (QED) is 0.211. The molecule has 0 bridgehead atoms. The number of benzene rings is 1. The zero-order valence-electron chi connectivity index (χ0n) is 17.5. The molecule has 1 aromatic carbocycles. The van der Waals surface area contributed by atoms with Crippen LogP contribution >= 0.6 is 24.0 Å². The van der Waals surface area contributed by atoms with E-state index in [0.29, 0.717) is 19.6 Å². The van der Waals surface area contributed by atoms with Crippen LogP contribution in [0.25, 0.3) is 0 Å². The highest BCUT2D eigenvalue weighted by Crippen LogP contribution is 2.13. The highest BCUT2D eigenvalue weighted by Gasteiger charge is 2.11. The Balaban J connectivity index is 0.00000392. The van der Waals surface area contributed by atoms with E-state index in [2.05, 4.69) is 50.1 Å². The smallest absolute Gasteiger partial charge is 0.222 e. The maximum Gasteiger partial charge on any atom is 0.222 e. The van der Waals surface area contributed by atoms with Gasteiger partial charge in [-0.3, -0.25) is 9.69 Å². The molecule has 0 aromatic heterocycles. The van der Waals surface area contributed by atoms with Gasteiger partial charge in [-0.05, 0) is 44.0 Å². The minimum Gasteiger partial charge on any atom is -0.357 e. The molecule has 1 heterocycles. The lowest BCUT2D eigenvalue weighted by Gasteiger charge is -2.15. The van der Waals surface area contributed by atoms with Crippen molar-refractivity contribution in [3.05, 3.63) is 35.4 Å². The van der Waals surface area contributed by atoms with Crippen LogP contribution in [-0.4, -0.2) is 49.5 Å². The van der Waals surface area contributed by atoms with Crippen LogP contribution in [0, 0.1) is 5.92 Å². The number of amides is 1. The summed E-state index contributed by atoms with van der Waals surface area (Å²) in [4.78, 5) is 18.7. The van der Waals surface area contributed by atoms with Crippen molar-refractivity contribution in [2.45, 2.75) is 46.7 Å². The van der Waals surface area contributed by atoms with E-state index in [1.807, 2.05) is 20.8 Å². The summed E-state index contributed by atoms with van der Waals surface area (Å²) in [5, 5.41) is 9.41. The summed E-state index contributed by atoms with van der Waals surface area (Å²) in [5.41, 5.74) is 2.57. The van der Waals surface area contributed by atoms with Crippen LogP contribution in [0.5, 0.6) is 0 Å². The fourth-order valence-electron chi connectivity index (χ4n) is 3.03. The van der Waals surface area contributed by atoms with Crippen molar-refractivity contribution in [3.8, 4) is 0 Å². The molecule has 3 N–H and O–H groups in total. The van der Waals surface area contributed by atoms with Gasteiger partial charge in [-0.15, -0.1) is 24.0 Å². The molecule has 6 nitrogen and oxygen atoms in total. The van der Waals surface area contributed by atoms with Crippen LogP contribution in [0.1, 0.15) is 44.7 Å². The van der Waals surface area contributed by atoms with E-state index < -0.39 is 0 Å². The summed E-state index contributed by atoms with van der Waals surface area (Å²) in [7, 11) is 0. The Morgan fingerprint density at radius 2 is 1.64 bits per heavy atom. The van der Waals surface area contributed by atoms with Crippen molar-refractivity contribution < 1.29 is 4.79 Å². The second kappa shape index (κ2) is 13.8. The molecule has 1 fully saturated rings. The van der Waals surface area contributed by atoms with Gasteiger partial charge in [-0.1, -0.05) is 38.1 Å². The lowest BCUT2D eigenvalue weighted by Crippen LogP contribution is -2.42. The van der Waals surface area contributed by atoms with Crippen LogP contribution < -0.4 is 16.0 Å². The molecule has 0 aliphatic carbocycles. The zero-order chi connectivity index (χ0) is 19.5. The number of nitrogens with zero attached hydrogens (tertiary/aromatic N) is 2. The van der Waals surface area contributed by atoms with Gasteiger partial charge in [-0.25, -0.2) is 4.99 Å². The second-order valence-electron chi connectivity index (χ2n) is 7.37. The molecular formula is C21H36IN5O. The summed E-state index contributed by atoms with van der Waals surface area (Å²) in [6.07, 6.45) is 2.66. The van der Waals surface area contributed by atoms with Gasteiger partial charge >= 0.3 is 0 Å². The highest BCUT2D eigenvalue weighted by atomic mass is 127. The van der Waals surface area contributed by atoms with Gasteiger partial charge in [0.05, 0.1) is 6.54 Å². The molecule has 158 valence electrons. The standard InChI is InChI=1S/C21H35N5O.HI/c1-4-22-21(24-12-11-23-20(27)17(2)3)25-15-18-7-9-19(10-8-18)16-26-13-5-6-14-26;/h7-10,17H,4-6,11-16H2,1-3H3,(H,23,27)(H2,22,24,25);1H. The highest BCUT2D eigenvalue weighted by molar-refractivity contribution is 14.0. The SMILES string of the molecule is CCNC(=NCc1ccc(CN2CCCC2)cc1)NCCNC(=O)C(C)C.I. The fraction of sp³-hybridized carbons (Fsp3) is 0.619. The number of carbonyl (C=O) groups excluding carboxylic acids is 1. The lowest BCUT2D eigenvalue weighted by atomic mass is 10.1. The van der Waals surface area contributed by atoms with Crippen molar-refractivity contribution in [2.24, 2.45) is 10.9 Å². The number of nitrogens with one attached hydrogen (secondary N) is 3. The zero-order valence-corrected chi connectivity index (χ0v) is 19.8. The van der Waals surface area contributed by atoms with Crippen LogP contribution in [0.3, 0.4) is 0 Å². The third-order valence-corrected chi connectivity index (χ3v) is 4.63. The van der Waals surface area contributed by atoms with E-state index in [9.17, 15) is 4.79 Å². The Kier molecular flexibility index (Phi) is 12.1. The molecule has 0 spiro atoms. The predicted octanol–water partition coefficient (Wildman–Crippen LogP) is 2.73. The first kappa shape index (κ1) is 24.7. The van der Waals surface area contributed by atoms with Gasteiger partial charge in [-0.2, -0.15) is 0 Å². The molecule has 1 aromatic rings. The minimum absolute atomic E-state index is 0. The third-order valence-electron chi connectivity index (χ3n) is 4.63. The monoisotopic (exact) mass is 501 g/mol. The maximum absolute atomic E-state index is 11.6. The van der Waals surface area contributed by atoms with Gasteiger partial charge in [0.15, 0.2) is 5.96 Å². The summed E-state index contributed by atoms with van der Waals surface area (Å²) < 4.78 is 0. The summed E-state index contributed by atoms with van der Waals surface area (Å²) >= 11 is 0. The molecular weight excluding hydrogens is 465 g/mol. The first-order valence-electron chi connectivity index (χ1n) is 10.2. The molecule has 1 aliphatic rings. The number of halogens is 1. The molecule has 0 atom stereocenters. The molecule has 28 heavy (non-hydrogen) atoms. The molecule has 1 saturated heterocycles. The number of aliphatic imine (C=N–C) groups is 1. The van der Waals surface area contributed by atoms with Gasteiger partial charge in [0.25, 0.3) is 0 Å². The largest absolute Gasteiger partial charge is 0.357 e. The first-order valence-corrected chi connectivity index (χ1v) is 10.2. The van der Waals surface area contributed by atoms with Crippen molar-refractivity contribution in [1.82, 2.24) is 20.9 Å². The molecule has 7 heteroatoms. The maximum atomic E-state index is 11.6. The molecule has 1 aliphatic heterocycles. The van der Waals surface area contributed by atoms with E-state index in [4.69, 9.17) is 0 Å². The minimum atomic E-state index is 0. The average Bonchev–Trinajstić information content (AvgIpc) is 3.17. The number of hydrogen-bond donors (Lipinski definition) is 3. The molecule has 0 unspecified atom stereocenters. The Morgan fingerprint density at radius 3 is 2.25 bits per heavy atom. The van der Waals surface area contributed by atoms with Gasteiger partial charge in [0.1, 0.15) is 0 Å². The molecule has 0 saturated carbocycles. The van der Waals surface area contributed by atoms with Crippen molar-refractivity contribution in [2.75, 3.05) is 32.7 Å². The molecule has 1 amide bonds. The molecule has 0 radical (unpaired) electrons. The average molecular weight is 501 g/mol. The summed E-state index contributed by atoms with van der Waals surface area (Å²) in [6.45, 7) is 12.0. The van der Waals surface area contributed by atoms with Gasteiger partial charge in [0.2, 0.25) is 5.91 Å². The van der Waals surface area contributed by atoms with Crippen LogP contribution in [0.4, 0.5) is 0 Å². The topological polar surface area (TPSA) is 68.8 Å². The summed E-state index contributed by atoms with van der Waals surface area (Å²) in [6, 6.07) is 8.76. The third kappa shape index (κ3) is 9.23. The van der Waals surface area contributed by atoms with Crippen LogP contribution in [-0.2, 0) is 17.9 Å². The second-order valence-corrected chi connectivity index (χ2v) is 7.37. The van der Waals surface area contributed by atoms with Crippen molar-refractivity contribution in [1.29, 1.82) is 0 Å². The van der Waals surface area contributed by atoms with E-state index in [1.54, 1.807) is 0 Å². The van der Waals surface area contributed by atoms with Gasteiger partial charge in [0, 0.05) is 32.1 Å². The number of guanidine groups is 1. The van der Waals surface area contributed by atoms with Crippen LogP contribution in [0.15, 0.2) is 29.3 Å². The van der Waals surface area contributed by atoms with E-state index >= 15 is 0 Å². The number of hydrogen-bond acceptors (Lipinski definition) is 3. The lowest BCUT2D eigenvalue weighted by molar-refractivity contribution is -0.123.